The maximum Gasteiger partial charge on any atom is 0.127 e. The molecule has 0 radical (unpaired) electrons. The Balaban J connectivity index is 2.50. The summed E-state index contributed by atoms with van der Waals surface area (Å²) in [4.78, 5) is 5.25. The average molecular weight is 221 g/mol. The number of benzene rings is 1. The zero-order valence-electron chi connectivity index (χ0n) is 8.27. The predicted molar refractivity (Wildman–Crippen MR) is 59.9 cm³/mol. The van der Waals surface area contributed by atoms with Gasteiger partial charge in [0.1, 0.15) is 10.8 Å². The van der Waals surface area contributed by atoms with Gasteiger partial charge in [0.25, 0.3) is 0 Å². The lowest BCUT2D eigenvalue weighted by molar-refractivity contribution is 0.277. The van der Waals surface area contributed by atoms with Crippen LogP contribution in [-0.4, -0.2) is 15.2 Å². The van der Waals surface area contributed by atoms with Crippen molar-refractivity contribution in [2.24, 2.45) is 0 Å². The summed E-state index contributed by atoms with van der Waals surface area (Å²) in [5, 5.41) is 19.4. The van der Waals surface area contributed by atoms with Gasteiger partial charge in [-0.05, 0) is 19.1 Å². The number of aromatic nitrogens is 1. The zero-order valence-corrected chi connectivity index (χ0v) is 9.08. The van der Waals surface area contributed by atoms with Gasteiger partial charge < -0.3 is 10.2 Å². The van der Waals surface area contributed by atoms with E-state index in [1.807, 2.05) is 19.1 Å². The van der Waals surface area contributed by atoms with Crippen LogP contribution in [0.2, 0.25) is 0 Å². The van der Waals surface area contributed by atoms with Crippen molar-refractivity contribution < 1.29 is 10.2 Å². The van der Waals surface area contributed by atoms with Gasteiger partial charge in [0, 0.05) is 4.88 Å². The number of thiazole rings is 1. The molecule has 0 aliphatic rings. The van der Waals surface area contributed by atoms with Crippen LogP contribution in [0, 0.1) is 6.92 Å². The van der Waals surface area contributed by atoms with Crippen molar-refractivity contribution in [2.45, 2.75) is 13.5 Å². The predicted octanol–water partition coefficient (Wildman–Crippen LogP) is 2.32. The van der Waals surface area contributed by atoms with E-state index in [9.17, 15) is 5.11 Å². The highest BCUT2D eigenvalue weighted by Crippen LogP contribution is 2.33. The second-order valence-electron chi connectivity index (χ2n) is 3.20. The van der Waals surface area contributed by atoms with Crippen LogP contribution in [0.1, 0.15) is 10.6 Å². The van der Waals surface area contributed by atoms with Gasteiger partial charge in [-0.2, -0.15) is 0 Å². The minimum atomic E-state index is -0.0596. The molecule has 2 rings (SSSR count). The highest BCUT2D eigenvalue weighted by Gasteiger charge is 2.10. The van der Waals surface area contributed by atoms with E-state index in [-0.39, 0.29) is 12.4 Å². The summed E-state index contributed by atoms with van der Waals surface area (Å²) >= 11 is 1.48. The summed E-state index contributed by atoms with van der Waals surface area (Å²) in [6.07, 6.45) is 0. The van der Waals surface area contributed by atoms with Crippen molar-refractivity contribution in [3.8, 4) is 16.3 Å². The fraction of sp³-hybridized carbons (Fsp3) is 0.182. The molecule has 2 aromatic rings. The van der Waals surface area contributed by atoms with Gasteiger partial charge in [-0.1, -0.05) is 12.1 Å². The first-order valence-corrected chi connectivity index (χ1v) is 5.39. The van der Waals surface area contributed by atoms with Crippen molar-refractivity contribution in [1.82, 2.24) is 4.98 Å². The van der Waals surface area contributed by atoms with Crippen molar-refractivity contribution in [1.29, 1.82) is 0 Å². The van der Waals surface area contributed by atoms with Crippen LogP contribution in [0.5, 0.6) is 5.75 Å². The van der Waals surface area contributed by atoms with Gasteiger partial charge in [-0.3, -0.25) is 0 Å². The lowest BCUT2D eigenvalue weighted by atomic mass is 10.2. The van der Waals surface area contributed by atoms with Gasteiger partial charge in [0.15, 0.2) is 0 Å². The lowest BCUT2D eigenvalue weighted by Crippen LogP contribution is -1.85. The quantitative estimate of drug-likeness (QED) is 0.818. The third kappa shape index (κ3) is 1.86. The SMILES string of the molecule is Cc1sc(-c2ccccc2O)nc1CO. The Hall–Kier alpha value is -1.39. The summed E-state index contributed by atoms with van der Waals surface area (Å²) < 4.78 is 0. The number of rotatable bonds is 2. The fourth-order valence-electron chi connectivity index (χ4n) is 1.34. The summed E-state index contributed by atoms with van der Waals surface area (Å²) in [6, 6.07) is 7.07. The van der Waals surface area contributed by atoms with Crippen LogP contribution in [0.15, 0.2) is 24.3 Å². The van der Waals surface area contributed by atoms with Gasteiger partial charge in [-0.25, -0.2) is 4.98 Å². The number of hydrogen-bond donors (Lipinski definition) is 2. The molecule has 3 nitrogen and oxygen atoms in total. The Labute approximate surface area is 91.7 Å². The van der Waals surface area contributed by atoms with E-state index in [4.69, 9.17) is 5.11 Å². The fourth-order valence-corrected chi connectivity index (χ4v) is 2.30. The molecule has 1 aromatic carbocycles. The molecule has 0 bridgehead atoms. The molecule has 0 spiro atoms. The van der Waals surface area contributed by atoms with Crippen molar-refractivity contribution in [3.05, 3.63) is 34.8 Å². The zero-order chi connectivity index (χ0) is 10.8. The molecule has 15 heavy (non-hydrogen) atoms. The van der Waals surface area contributed by atoms with Crippen LogP contribution < -0.4 is 0 Å². The van der Waals surface area contributed by atoms with Crippen LogP contribution >= 0.6 is 11.3 Å². The van der Waals surface area contributed by atoms with E-state index in [1.165, 1.54) is 11.3 Å². The summed E-state index contributed by atoms with van der Waals surface area (Å²) in [5.74, 6) is 0.218. The smallest absolute Gasteiger partial charge is 0.127 e. The standard InChI is InChI=1S/C11H11NO2S/c1-7-9(6-13)12-11(15-7)8-4-2-3-5-10(8)14/h2-5,13-14H,6H2,1H3. The molecule has 78 valence electrons. The minimum Gasteiger partial charge on any atom is -0.507 e. The molecule has 0 saturated heterocycles. The van der Waals surface area contributed by atoms with Gasteiger partial charge in [-0.15, -0.1) is 11.3 Å². The van der Waals surface area contributed by atoms with Crippen LogP contribution in [-0.2, 0) is 6.61 Å². The maximum atomic E-state index is 9.64. The number of phenols is 1. The number of para-hydroxylation sites is 1. The summed E-state index contributed by atoms with van der Waals surface area (Å²) in [6.45, 7) is 1.85. The Bertz CT molecular complexity index is 479. The highest BCUT2D eigenvalue weighted by molar-refractivity contribution is 7.15. The van der Waals surface area contributed by atoms with E-state index in [0.717, 1.165) is 9.88 Å². The first-order valence-electron chi connectivity index (χ1n) is 4.58. The molecule has 0 unspecified atom stereocenters. The molecule has 1 heterocycles. The summed E-state index contributed by atoms with van der Waals surface area (Å²) in [7, 11) is 0. The Kier molecular flexibility index (Phi) is 2.70. The third-order valence-corrected chi connectivity index (χ3v) is 3.22. The Morgan fingerprint density at radius 3 is 2.67 bits per heavy atom. The lowest BCUT2D eigenvalue weighted by Gasteiger charge is -1.98. The third-order valence-electron chi connectivity index (χ3n) is 2.18. The normalized spacial score (nSPS) is 10.5. The van der Waals surface area contributed by atoms with E-state index in [0.29, 0.717) is 11.3 Å². The number of hydrogen-bond acceptors (Lipinski definition) is 4. The second-order valence-corrected chi connectivity index (χ2v) is 4.40. The maximum absolute atomic E-state index is 9.64. The topological polar surface area (TPSA) is 53.4 Å². The van der Waals surface area contributed by atoms with Crippen molar-refractivity contribution in [2.75, 3.05) is 0 Å². The largest absolute Gasteiger partial charge is 0.507 e. The average Bonchev–Trinajstić information content (AvgIpc) is 2.60. The number of nitrogens with zero attached hydrogens (tertiary/aromatic N) is 1. The molecule has 0 saturated carbocycles. The number of phenolic OH excluding ortho intramolecular Hbond substituents is 1. The molecule has 2 N–H and O–H groups in total. The van der Waals surface area contributed by atoms with Crippen LogP contribution in [0.25, 0.3) is 10.6 Å². The Morgan fingerprint density at radius 1 is 1.33 bits per heavy atom. The van der Waals surface area contributed by atoms with E-state index in [1.54, 1.807) is 12.1 Å². The molecule has 0 aliphatic heterocycles. The van der Waals surface area contributed by atoms with Gasteiger partial charge in [0.2, 0.25) is 0 Å². The molecular weight excluding hydrogens is 210 g/mol. The van der Waals surface area contributed by atoms with E-state index in [2.05, 4.69) is 4.98 Å². The molecular formula is C11H11NO2S. The monoisotopic (exact) mass is 221 g/mol. The van der Waals surface area contributed by atoms with Crippen molar-refractivity contribution >= 4 is 11.3 Å². The number of aliphatic hydroxyl groups is 1. The van der Waals surface area contributed by atoms with Crippen LogP contribution in [0.4, 0.5) is 0 Å². The minimum absolute atomic E-state index is 0.0596. The second kappa shape index (κ2) is 4.00. The number of aliphatic hydroxyl groups excluding tert-OH is 1. The highest BCUT2D eigenvalue weighted by atomic mass is 32.1. The van der Waals surface area contributed by atoms with Crippen molar-refractivity contribution in [3.63, 3.8) is 0 Å². The summed E-state index contributed by atoms with van der Waals surface area (Å²) in [5.41, 5.74) is 1.39. The molecule has 0 aliphatic carbocycles. The van der Waals surface area contributed by atoms with Crippen LogP contribution in [0.3, 0.4) is 0 Å². The molecule has 1 aromatic heterocycles. The first-order chi connectivity index (χ1) is 7.22. The van der Waals surface area contributed by atoms with E-state index < -0.39 is 0 Å². The number of aromatic hydroxyl groups is 1. The van der Waals surface area contributed by atoms with Gasteiger partial charge in [0.05, 0.1) is 17.9 Å². The molecule has 0 atom stereocenters. The molecule has 4 heteroatoms. The molecule has 0 fully saturated rings. The van der Waals surface area contributed by atoms with Gasteiger partial charge >= 0.3 is 0 Å². The number of aryl methyl sites for hydroxylation is 1. The molecule has 0 amide bonds. The Morgan fingerprint density at radius 2 is 2.07 bits per heavy atom. The van der Waals surface area contributed by atoms with E-state index >= 15 is 0 Å². The first kappa shape index (κ1) is 10.1.